The third-order valence-corrected chi connectivity index (χ3v) is 6.96. The molecule has 1 saturated heterocycles. The summed E-state index contributed by atoms with van der Waals surface area (Å²) >= 11 is 5.70. The summed E-state index contributed by atoms with van der Waals surface area (Å²) in [4.78, 5) is 12.5. The van der Waals surface area contributed by atoms with E-state index in [-0.39, 0.29) is 16.0 Å². The zero-order valence-corrected chi connectivity index (χ0v) is 16.4. The molecule has 0 spiro atoms. The molecule has 1 amide bonds. The Morgan fingerprint density at radius 2 is 1.89 bits per heavy atom. The standard InChI is InChI=1S/C19H20ClFN2O3S/c1-13-4-2-3-11-23(13)27(25,26)16-8-5-14(6-9-16)19(24)22-15-7-10-18(21)17(20)12-15/h5-10,12-13H,2-4,11H2,1H3,(H,22,24)/t13-/m1/s1. The summed E-state index contributed by atoms with van der Waals surface area (Å²) < 4.78 is 40.3. The van der Waals surface area contributed by atoms with Crippen LogP contribution in [0.2, 0.25) is 5.02 Å². The summed E-state index contributed by atoms with van der Waals surface area (Å²) in [5.74, 6) is -1.01. The quantitative estimate of drug-likeness (QED) is 0.817. The minimum Gasteiger partial charge on any atom is -0.322 e. The first kappa shape index (κ1) is 19.8. The monoisotopic (exact) mass is 410 g/mol. The number of hydrogen-bond acceptors (Lipinski definition) is 3. The van der Waals surface area contributed by atoms with Crippen LogP contribution in [0, 0.1) is 5.82 Å². The average Bonchev–Trinajstić information content (AvgIpc) is 2.65. The third-order valence-electron chi connectivity index (χ3n) is 4.64. The highest BCUT2D eigenvalue weighted by molar-refractivity contribution is 7.89. The van der Waals surface area contributed by atoms with Gasteiger partial charge in [-0.3, -0.25) is 4.79 Å². The molecule has 1 aliphatic rings. The number of halogens is 2. The van der Waals surface area contributed by atoms with Gasteiger partial charge in [0, 0.05) is 23.8 Å². The summed E-state index contributed by atoms with van der Waals surface area (Å²) in [6, 6.07) is 9.63. The van der Waals surface area contributed by atoms with E-state index in [1.165, 1.54) is 40.7 Å². The molecule has 1 fully saturated rings. The maximum absolute atomic E-state index is 13.2. The summed E-state index contributed by atoms with van der Waals surface area (Å²) in [7, 11) is -3.58. The predicted octanol–water partition coefficient (Wildman–Crippen LogP) is 4.29. The van der Waals surface area contributed by atoms with E-state index in [0.29, 0.717) is 17.8 Å². The first-order valence-electron chi connectivity index (χ1n) is 8.67. The number of nitrogens with one attached hydrogen (secondary N) is 1. The van der Waals surface area contributed by atoms with Crippen molar-refractivity contribution in [3.8, 4) is 0 Å². The van der Waals surface area contributed by atoms with Gasteiger partial charge in [0.1, 0.15) is 5.82 Å². The molecule has 0 saturated carbocycles. The number of anilines is 1. The zero-order valence-electron chi connectivity index (χ0n) is 14.8. The zero-order chi connectivity index (χ0) is 19.6. The minimum absolute atomic E-state index is 0.0325. The number of nitrogens with zero attached hydrogens (tertiary/aromatic N) is 1. The van der Waals surface area contributed by atoms with Crippen molar-refractivity contribution in [2.45, 2.75) is 37.1 Å². The lowest BCUT2D eigenvalue weighted by Crippen LogP contribution is -2.41. The smallest absolute Gasteiger partial charge is 0.255 e. The van der Waals surface area contributed by atoms with Gasteiger partial charge in [-0.05, 0) is 62.2 Å². The third kappa shape index (κ3) is 4.31. The molecule has 1 heterocycles. The van der Waals surface area contributed by atoms with Crippen LogP contribution in [0.25, 0.3) is 0 Å². The van der Waals surface area contributed by atoms with Crippen LogP contribution in [0.3, 0.4) is 0 Å². The van der Waals surface area contributed by atoms with Crippen LogP contribution in [0.15, 0.2) is 47.4 Å². The number of carbonyl (C=O) groups excluding carboxylic acids is 1. The van der Waals surface area contributed by atoms with E-state index in [1.807, 2.05) is 6.92 Å². The highest BCUT2D eigenvalue weighted by atomic mass is 35.5. The molecule has 8 heteroatoms. The number of piperidine rings is 1. The highest BCUT2D eigenvalue weighted by Gasteiger charge is 2.30. The van der Waals surface area contributed by atoms with Gasteiger partial charge in [0.05, 0.1) is 9.92 Å². The van der Waals surface area contributed by atoms with E-state index in [1.54, 1.807) is 0 Å². The molecule has 1 N–H and O–H groups in total. The average molecular weight is 411 g/mol. The summed E-state index contributed by atoms with van der Waals surface area (Å²) in [5, 5.41) is 2.51. The molecule has 3 rings (SSSR count). The summed E-state index contributed by atoms with van der Waals surface area (Å²) in [6.45, 7) is 2.42. The molecule has 27 heavy (non-hydrogen) atoms. The normalized spacial score (nSPS) is 18.3. The fraction of sp³-hybridized carbons (Fsp3) is 0.316. The molecule has 2 aromatic rings. The molecule has 0 unspecified atom stereocenters. The topological polar surface area (TPSA) is 66.5 Å². The van der Waals surface area contributed by atoms with Crippen molar-refractivity contribution < 1.29 is 17.6 Å². The number of amides is 1. The lowest BCUT2D eigenvalue weighted by atomic mass is 10.1. The number of carbonyl (C=O) groups is 1. The van der Waals surface area contributed by atoms with Crippen LogP contribution in [0.1, 0.15) is 36.5 Å². The molecular weight excluding hydrogens is 391 g/mol. The van der Waals surface area contributed by atoms with Crippen molar-refractivity contribution in [2.24, 2.45) is 0 Å². The van der Waals surface area contributed by atoms with E-state index >= 15 is 0 Å². The van der Waals surface area contributed by atoms with E-state index in [0.717, 1.165) is 25.3 Å². The van der Waals surface area contributed by atoms with Crippen molar-refractivity contribution in [1.29, 1.82) is 0 Å². The molecule has 0 radical (unpaired) electrons. The highest BCUT2D eigenvalue weighted by Crippen LogP contribution is 2.25. The second kappa shape index (κ2) is 7.96. The first-order chi connectivity index (χ1) is 12.8. The van der Waals surface area contributed by atoms with E-state index in [4.69, 9.17) is 11.6 Å². The van der Waals surface area contributed by atoms with Crippen molar-refractivity contribution >= 4 is 33.2 Å². The van der Waals surface area contributed by atoms with Gasteiger partial charge < -0.3 is 5.32 Å². The molecule has 1 aliphatic heterocycles. The minimum atomic E-state index is -3.58. The SMILES string of the molecule is C[C@@H]1CCCCN1S(=O)(=O)c1ccc(C(=O)Nc2ccc(F)c(Cl)c2)cc1. The van der Waals surface area contributed by atoms with E-state index in [9.17, 15) is 17.6 Å². The first-order valence-corrected chi connectivity index (χ1v) is 10.5. The number of benzene rings is 2. The number of rotatable bonds is 4. The molecule has 0 bridgehead atoms. The van der Waals surface area contributed by atoms with Gasteiger partial charge in [0.25, 0.3) is 5.91 Å². The molecule has 2 aromatic carbocycles. The van der Waals surface area contributed by atoms with Gasteiger partial charge in [-0.2, -0.15) is 4.31 Å². The molecule has 0 aliphatic carbocycles. The Morgan fingerprint density at radius 3 is 2.52 bits per heavy atom. The van der Waals surface area contributed by atoms with Crippen LogP contribution in [0.5, 0.6) is 0 Å². The van der Waals surface area contributed by atoms with Crippen molar-refractivity contribution in [3.05, 3.63) is 58.9 Å². The Hall–Kier alpha value is -1.96. The Kier molecular flexibility index (Phi) is 5.83. The van der Waals surface area contributed by atoms with Gasteiger partial charge in [0.15, 0.2) is 0 Å². The number of sulfonamides is 1. The van der Waals surface area contributed by atoms with Crippen LogP contribution in [-0.2, 0) is 10.0 Å². The maximum atomic E-state index is 13.2. The fourth-order valence-electron chi connectivity index (χ4n) is 3.12. The van der Waals surface area contributed by atoms with Gasteiger partial charge >= 0.3 is 0 Å². The molecule has 5 nitrogen and oxygen atoms in total. The Bertz CT molecular complexity index is 948. The van der Waals surface area contributed by atoms with Gasteiger partial charge in [0.2, 0.25) is 10.0 Å². The van der Waals surface area contributed by atoms with Crippen molar-refractivity contribution in [2.75, 3.05) is 11.9 Å². The Balaban J connectivity index is 1.76. The largest absolute Gasteiger partial charge is 0.322 e. The Labute approximate surface area is 163 Å². The molecule has 1 atom stereocenters. The summed E-state index contributed by atoms with van der Waals surface area (Å²) in [5.41, 5.74) is 0.645. The second-order valence-corrected chi connectivity index (χ2v) is 8.87. The van der Waals surface area contributed by atoms with E-state index in [2.05, 4.69) is 5.32 Å². The van der Waals surface area contributed by atoms with Crippen LogP contribution >= 0.6 is 11.6 Å². The fourth-order valence-corrected chi connectivity index (χ4v) is 5.00. The van der Waals surface area contributed by atoms with Gasteiger partial charge in [-0.1, -0.05) is 18.0 Å². The molecular formula is C19H20ClFN2O3S. The predicted molar refractivity (Wildman–Crippen MR) is 103 cm³/mol. The second-order valence-electron chi connectivity index (χ2n) is 6.57. The van der Waals surface area contributed by atoms with E-state index < -0.39 is 21.7 Å². The van der Waals surface area contributed by atoms with Crippen LogP contribution in [0.4, 0.5) is 10.1 Å². The Morgan fingerprint density at radius 1 is 1.19 bits per heavy atom. The van der Waals surface area contributed by atoms with Gasteiger partial charge in [-0.15, -0.1) is 0 Å². The maximum Gasteiger partial charge on any atom is 0.255 e. The van der Waals surface area contributed by atoms with Crippen LogP contribution in [-0.4, -0.2) is 31.2 Å². The van der Waals surface area contributed by atoms with Crippen molar-refractivity contribution in [3.63, 3.8) is 0 Å². The molecule has 0 aromatic heterocycles. The van der Waals surface area contributed by atoms with Crippen molar-refractivity contribution in [1.82, 2.24) is 4.31 Å². The summed E-state index contributed by atoms with van der Waals surface area (Å²) in [6.07, 6.45) is 2.73. The van der Waals surface area contributed by atoms with Gasteiger partial charge in [-0.25, -0.2) is 12.8 Å². The number of hydrogen-bond donors (Lipinski definition) is 1. The van der Waals surface area contributed by atoms with Crippen LogP contribution < -0.4 is 5.32 Å². The molecule has 144 valence electrons. The lowest BCUT2D eigenvalue weighted by molar-refractivity contribution is 0.102. The lowest BCUT2D eigenvalue weighted by Gasteiger charge is -2.32.